The number of fused-ring (bicyclic) bond motifs is 1. The zero-order chi connectivity index (χ0) is 20.2. The van der Waals surface area contributed by atoms with Gasteiger partial charge in [0.05, 0.1) is 28.0 Å². The van der Waals surface area contributed by atoms with Gasteiger partial charge in [-0.25, -0.2) is 4.98 Å². The largest absolute Gasteiger partial charge is 0.278 e. The number of hydrogen-bond donors (Lipinski definition) is 0. The molecule has 2 aromatic heterocycles. The van der Waals surface area contributed by atoms with E-state index in [1.165, 1.54) is 11.3 Å². The summed E-state index contributed by atoms with van der Waals surface area (Å²) in [4.78, 5) is 25.5. The Labute approximate surface area is 186 Å². The number of thioether (sulfide) groups is 1. The average Bonchev–Trinajstić information content (AvgIpc) is 3.16. The molecule has 0 aliphatic carbocycles. The summed E-state index contributed by atoms with van der Waals surface area (Å²) in [6.45, 7) is 2.45. The lowest BCUT2D eigenvalue weighted by molar-refractivity contribution is 0.0982. The Morgan fingerprint density at radius 3 is 2.76 bits per heavy atom. The van der Waals surface area contributed by atoms with E-state index in [0.717, 1.165) is 31.0 Å². The van der Waals surface area contributed by atoms with Crippen molar-refractivity contribution in [1.29, 1.82) is 0 Å². The fraction of sp³-hybridized carbons (Fsp3) is 0.136. The molecule has 0 bridgehead atoms. The van der Waals surface area contributed by atoms with E-state index in [1.54, 1.807) is 22.9 Å². The molecule has 2 aromatic carbocycles. The Bertz CT molecular complexity index is 1150. The van der Waals surface area contributed by atoms with Crippen LogP contribution in [0.25, 0.3) is 10.2 Å². The predicted molar refractivity (Wildman–Crippen MR) is 125 cm³/mol. The lowest BCUT2D eigenvalue weighted by Crippen LogP contribution is -2.31. The van der Waals surface area contributed by atoms with Gasteiger partial charge in [-0.3, -0.25) is 14.7 Å². The van der Waals surface area contributed by atoms with Gasteiger partial charge in [0.2, 0.25) is 0 Å². The first-order valence-corrected chi connectivity index (χ1v) is 11.7. The molecular weight excluding hydrogens is 466 g/mol. The van der Waals surface area contributed by atoms with Crippen molar-refractivity contribution in [2.24, 2.45) is 0 Å². The van der Waals surface area contributed by atoms with E-state index in [1.807, 2.05) is 60.7 Å². The molecule has 0 unspecified atom stereocenters. The van der Waals surface area contributed by atoms with Gasteiger partial charge < -0.3 is 0 Å². The number of amides is 1. The third-order valence-electron chi connectivity index (χ3n) is 4.28. The molecule has 0 N–H and O–H groups in total. The van der Waals surface area contributed by atoms with Crippen molar-refractivity contribution < 1.29 is 4.79 Å². The number of pyridine rings is 1. The summed E-state index contributed by atoms with van der Waals surface area (Å²) in [5.74, 6) is 0.838. The number of hydrogen-bond acceptors (Lipinski definition) is 5. The molecule has 0 spiro atoms. The molecule has 7 heteroatoms. The van der Waals surface area contributed by atoms with Gasteiger partial charge in [0.25, 0.3) is 5.91 Å². The van der Waals surface area contributed by atoms with Crippen molar-refractivity contribution >= 4 is 60.3 Å². The molecule has 0 atom stereocenters. The molecule has 146 valence electrons. The van der Waals surface area contributed by atoms with Crippen LogP contribution in [0.2, 0.25) is 0 Å². The van der Waals surface area contributed by atoms with E-state index in [2.05, 4.69) is 27.8 Å². The zero-order valence-electron chi connectivity index (χ0n) is 15.7. The Balaban J connectivity index is 1.78. The molecule has 29 heavy (non-hydrogen) atoms. The second-order valence-corrected chi connectivity index (χ2v) is 9.48. The third-order valence-corrected chi connectivity index (χ3v) is 6.77. The van der Waals surface area contributed by atoms with E-state index < -0.39 is 0 Å². The van der Waals surface area contributed by atoms with E-state index in [9.17, 15) is 4.79 Å². The SMILES string of the molecule is CCSc1ccccc1C(=O)N(Cc1ccccn1)c1nc2ccc(Br)cc2s1. The number of thiazole rings is 1. The molecule has 0 fully saturated rings. The summed E-state index contributed by atoms with van der Waals surface area (Å²) in [6.07, 6.45) is 1.74. The van der Waals surface area contributed by atoms with Crippen LogP contribution in [-0.2, 0) is 6.54 Å². The number of rotatable bonds is 6. The molecule has 1 amide bonds. The van der Waals surface area contributed by atoms with E-state index in [4.69, 9.17) is 4.98 Å². The summed E-state index contributed by atoms with van der Waals surface area (Å²) in [7, 11) is 0. The summed E-state index contributed by atoms with van der Waals surface area (Å²) in [5.41, 5.74) is 2.39. The predicted octanol–water partition coefficient (Wildman–Crippen LogP) is 6.41. The number of carbonyl (C=O) groups excluding carboxylic acids is 1. The molecule has 0 radical (unpaired) electrons. The van der Waals surface area contributed by atoms with E-state index in [0.29, 0.717) is 17.2 Å². The summed E-state index contributed by atoms with van der Waals surface area (Å²) in [6, 6.07) is 19.4. The molecule has 0 aliphatic rings. The molecule has 2 heterocycles. The smallest absolute Gasteiger partial charge is 0.261 e. The molecule has 4 nitrogen and oxygen atoms in total. The molecule has 4 rings (SSSR count). The maximum atomic E-state index is 13.6. The van der Waals surface area contributed by atoms with E-state index in [-0.39, 0.29) is 5.91 Å². The fourth-order valence-electron chi connectivity index (χ4n) is 2.95. The van der Waals surface area contributed by atoms with Crippen LogP contribution in [0.5, 0.6) is 0 Å². The van der Waals surface area contributed by atoms with Crippen molar-refractivity contribution in [3.63, 3.8) is 0 Å². The van der Waals surface area contributed by atoms with Crippen LogP contribution >= 0.6 is 39.0 Å². The van der Waals surface area contributed by atoms with Crippen molar-refractivity contribution in [1.82, 2.24) is 9.97 Å². The van der Waals surface area contributed by atoms with Gasteiger partial charge >= 0.3 is 0 Å². The Hall–Kier alpha value is -2.22. The van der Waals surface area contributed by atoms with Gasteiger partial charge in [-0.05, 0) is 48.2 Å². The highest BCUT2D eigenvalue weighted by Crippen LogP contribution is 2.33. The highest BCUT2D eigenvalue weighted by Gasteiger charge is 2.24. The van der Waals surface area contributed by atoms with Gasteiger partial charge in [-0.1, -0.05) is 52.4 Å². The van der Waals surface area contributed by atoms with Crippen LogP contribution in [0.1, 0.15) is 23.0 Å². The van der Waals surface area contributed by atoms with Gasteiger partial charge in [-0.15, -0.1) is 11.8 Å². The third kappa shape index (κ3) is 4.52. The van der Waals surface area contributed by atoms with Crippen LogP contribution in [0.3, 0.4) is 0 Å². The van der Waals surface area contributed by atoms with Crippen molar-refractivity contribution in [2.75, 3.05) is 10.7 Å². The van der Waals surface area contributed by atoms with Gasteiger partial charge in [0.15, 0.2) is 5.13 Å². The Morgan fingerprint density at radius 2 is 1.97 bits per heavy atom. The first-order valence-electron chi connectivity index (χ1n) is 9.15. The number of anilines is 1. The number of aromatic nitrogens is 2. The normalized spacial score (nSPS) is 11.0. The van der Waals surface area contributed by atoms with Crippen LogP contribution in [0.4, 0.5) is 5.13 Å². The van der Waals surface area contributed by atoms with Crippen molar-refractivity contribution in [3.05, 3.63) is 82.6 Å². The minimum atomic E-state index is -0.0645. The molecule has 4 aromatic rings. The Morgan fingerprint density at radius 1 is 1.14 bits per heavy atom. The fourth-order valence-corrected chi connectivity index (χ4v) is 5.26. The highest BCUT2D eigenvalue weighted by atomic mass is 79.9. The standard InChI is InChI=1S/C22H18BrN3OS2/c1-2-28-19-9-4-3-8-17(19)21(27)26(14-16-7-5-6-12-24-16)22-25-18-11-10-15(23)13-20(18)29-22/h3-13H,2,14H2,1H3. The lowest BCUT2D eigenvalue weighted by Gasteiger charge is -2.21. The van der Waals surface area contributed by atoms with Crippen LogP contribution in [0.15, 0.2) is 76.2 Å². The Kier molecular flexibility index (Phi) is 6.28. The van der Waals surface area contributed by atoms with Gasteiger partial charge in [-0.2, -0.15) is 0 Å². The van der Waals surface area contributed by atoms with Crippen molar-refractivity contribution in [3.8, 4) is 0 Å². The summed E-state index contributed by atoms with van der Waals surface area (Å²) < 4.78 is 2.02. The van der Waals surface area contributed by atoms with Crippen LogP contribution in [0, 0.1) is 0 Å². The zero-order valence-corrected chi connectivity index (χ0v) is 18.9. The number of nitrogens with zero attached hydrogens (tertiary/aromatic N) is 3. The summed E-state index contributed by atoms with van der Waals surface area (Å²) >= 11 is 6.69. The molecule has 0 aliphatic heterocycles. The van der Waals surface area contributed by atoms with Crippen molar-refractivity contribution in [2.45, 2.75) is 18.4 Å². The van der Waals surface area contributed by atoms with Crippen LogP contribution in [-0.4, -0.2) is 21.6 Å². The number of benzene rings is 2. The second kappa shape index (κ2) is 9.07. The average molecular weight is 484 g/mol. The monoisotopic (exact) mass is 483 g/mol. The minimum absolute atomic E-state index is 0.0645. The lowest BCUT2D eigenvalue weighted by atomic mass is 10.2. The second-order valence-electron chi connectivity index (χ2n) is 6.25. The number of halogens is 1. The van der Waals surface area contributed by atoms with Gasteiger partial charge in [0.1, 0.15) is 0 Å². The maximum absolute atomic E-state index is 13.6. The molecular formula is C22H18BrN3OS2. The quantitative estimate of drug-likeness (QED) is 0.297. The highest BCUT2D eigenvalue weighted by molar-refractivity contribution is 9.10. The minimum Gasteiger partial charge on any atom is -0.278 e. The molecule has 0 saturated heterocycles. The van der Waals surface area contributed by atoms with Crippen LogP contribution < -0.4 is 4.90 Å². The topological polar surface area (TPSA) is 46.1 Å². The van der Waals surface area contributed by atoms with Gasteiger partial charge in [0, 0.05) is 15.6 Å². The molecule has 0 saturated carbocycles. The maximum Gasteiger partial charge on any atom is 0.261 e. The summed E-state index contributed by atoms with van der Waals surface area (Å²) in [5, 5.41) is 0.671. The first-order chi connectivity index (χ1) is 14.2. The number of carbonyl (C=O) groups is 1. The van der Waals surface area contributed by atoms with E-state index >= 15 is 0 Å². The first kappa shape index (κ1) is 20.1.